The number of aliphatic hydroxyl groups is 2. The lowest BCUT2D eigenvalue weighted by Gasteiger charge is -2.24. The highest BCUT2D eigenvalue weighted by atomic mass is 19.1. The summed E-state index contributed by atoms with van der Waals surface area (Å²) >= 11 is 0. The maximum atomic E-state index is 13.8. The smallest absolute Gasteiger partial charge is 0.310 e. The number of nitrogens with zero attached hydrogens (tertiary/aromatic N) is 4. The molecular weight excluding hydrogens is 409 g/mol. The molecule has 31 heavy (non-hydrogen) atoms. The second-order valence-corrected chi connectivity index (χ2v) is 7.01. The van der Waals surface area contributed by atoms with Crippen molar-refractivity contribution in [2.45, 2.75) is 30.3 Å². The van der Waals surface area contributed by atoms with Gasteiger partial charge in [-0.15, -0.1) is 0 Å². The van der Waals surface area contributed by atoms with Gasteiger partial charge in [0.1, 0.15) is 35.9 Å². The molecule has 0 radical (unpaired) electrons. The Morgan fingerprint density at radius 1 is 1.39 bits per heavy atom. The fraction of sp³-hybridized carbons (Fsp3) is 0.300. The molecule has 0 bridgehead atoms. The molecule has 11 heteroatoms. The SMILES string of the molecule is N#CC1(c2ccc3c(N)ncnn23)OC(CO)C(OC(=O)Cc2ccccc2F)C1O. The van der Waals surface area contributed by atoms with Crippen LogP contribution in [0.15, 0.2) is 42.7 Å². The van der Waals surface area contributed by atoms with Crippen molar-refractivity contribution in [2.24, 2.45) is 0 Å². The molecule has 1 aliphatic heterocycles. The van der Waals surface area contributed by atoms with Crippen LogP contribution in [0.3, 0.4) is 0 Å². The summed E-state index contributed by atoms with van der Waals surface area (Å²) < 4.78 is 26.1. The first-order valence-corrected chi connectivity index (χ1v) is 9.31. The zero-order valence-corrected chi connectivity index (χ0v) is 16.1. The number of carbonyl (C=O) groups is 1. The van der Waals surface area contributed by atoms with E-state index >= 15 is 0 Å². The standard InChI is InChI=1S/C20H18FN5O5/c21-12-4-2-1-3-11(12)7-16(28)30-17-14(8-27)31-20(9-22,18(17)29)15-6-5-13-19(23)24-10-25-26(13)15/h1-6,10,14,17-18,27,29H,7-8H2,(H2,23,24,25). The molecule has 0 spiro atoms. The van der Waals surface area contributed by atoms with Gasteiger partial charge in [0, 0.05) is 0 Å². The van der Waals surface area contributed by atoms with Gasteiger partial charge in [-0.25, -0.2) is 13.9 Å². The van der Waals surface area contributed by atoms with E-state index < -0.39 is 48.7 Å². The zero-order chi connectivity index (χ0) is 22.2. The summed E-state index contributed by atoms with van der Waals surface area (Å²) in [5.74, 6) is -1.28. The molecule has 160 valence electrons. The molecule has 1 fully saturated rings. The van der Waals surface area contributed by atoms with Gasteiger partial charge >= 0.3 is 5.97 Å². The number of rotatable bonds is 5. The molecule has 0 aliphatic carbocycles. The van der Waals surface area contributed by atoms with E-state index in [1.54, 1.807) is 12.1 Å². The molecule has 10 nitrogen and oxygen atoms in total. The number of aliphatic hydroxyl groups excluding tert-OH is 2. The van der Waals surface area contributed by atoms with Crippen molar-refractivity contribution in [1.82, 2.24) is 14.6 Å². The van der Waals surface area contributed by atoms with Gasteiger partial charge in [0.2, 0.25) is 5.60 Å². The second-order valence-electron chi connectivity index (χ2n) is 7.01. The van der Waals surface area contributed by atoms with E-state index in [-0.39, 0.29) is 17.1 Å². The number of nitrogens with two attached hydrogens (primary N) is 1. The third-order valence-corrected chi connectivity index (χ3v) is 5.20. The summed E-state index contributed by atoms with van der Waals surface area (Å²) in [6.07, 6.45) is -3.48. The highest BCUT2D eigenvalue weighted by Crippen LogP contribution is 2.41. The van der Waals surface area contributed by atoms with Crippen LogP contribution in [0.5, 0.6) is 0 Å². The molecular formula is C20H18FN5O5. The summed E-state index contributed by atoms with van der Waals surface area (Å²) in [7, 11) is 0. The minimum absolute atomic E-state index is 0.109. The Morgan fingerprint density at radius 2 is 2.16 bits per heavy atom. The Balaban J connectivity index is 1.65. The number of carbonyl (C=O) groups excluding carboxylic acids is 1. The van der Waals surface area contributed by atoms with E-state index in [0.29, 0.717) is 5.52 Å². The van der Waals surface area contributed by atoms with Crippen molar-refractivity contribution in [3.05, 3.63) is 59.8 Å². The average molecular weight is 427 g/mol. The first kappa shape index (κ1) is 20.7. The maximum absolute atomic E-state index is 13.8. The van der Waals surface area contributed by atoms with Gasteiger partial charge in [0.05, 0.1) is 18.7 Å². The molecule has 1 aliphatic rings. The van der Waals surface area contributed by atoms with Crippen LogP contribution in [0.2, 0.25) is 0 Å². The number of hydrogen-bond acceptors (Lipinski definition) is 9. The van der Waals surface area contributed by atoms with Crippen LogP contribution >= 0.6 is 0 Å². The predicted octanol–water partition coefficient (Wildman–Crippen LogP) is 0.0760. The maximum Gasteiger partial charge on any atom is 0.310 e. The number of nitriles is 1. The lowest BCUT2D eigenvalue weighted by molar-refractivity contribution is -0.155. The van der Waals surface area contributed by atoms with Gasteiger partial charge in [-0.05, 0) is 23.8 Å². The van der Waals surface area contributed by atoms with Gasteiger partial charge in [-0.1, -0.05) is 18.2 Å². The monoisotopic (exact) mass is 427 g/mol. The Morgan fingerprint density at radius 3 is 2.87 bits per heavy atom. The van der Waals surface area contributed by atoms with Gasteiger partial charge in [0.25, 0.3) is 0 Å². The highest BCUT2D eigenvalue weighted by Gasteiger charge is 2.59. The van der Waals surface area contributed by atoms with Crippen molar-refractivity contribution in [2.75, 3.05) is 12.3 Å². The molecule has 4 rings (SSSR count). The van der Waals surface area contributed by atoms with Crippen LogP contribution in [-0.2, 0) is 26.3 Å². The predicted molar refractivity (Wildman–Crippen MR) is 103 cm³/mol. The summed E-state index contributed by atoms with van der Waals surface area (Å²) in [5.41, 5.74) is 4.42. The van der Waals surface area contributed by atoms with Crippen LogP contribution in [0.1, 0.15) is 11.3 Å². The number of ether oxygens (including phenoxy) is 2. The van der Waals surface area contributed by atoms with Gasteiger partial charge in [-0.3, -0.25) is 4.79 Å². The lowest BCUT2D eigenvalue weighted by Crippen LogP contribution is -2.43. The Hall–Kier alpha value is -3.59. The topological polar surface area (TPSA) is 156 Å². The molecule has 4 N–H and O–H groups in total. The van der Waals surface area contributed by atoms with E-state index in [4.69, 9.17) is 15.2 Å². The number of benzene rings is 1. The molecule has 3 heterocycles. The minimum Gasteiger partial charge on any atom is -0.456 e. The quantitative estimate of drug-likeness (QED) is 0.480. The Bertz CT molecular complexity index is 1180. The third kappa shape index (κ3) is 3.36. The van der Waals surface area contributed by atoms with Gasteiger partial charge < -0.3 is 25.4 Å². The molecule has 4 unspecified atom stereocenters. The largest absolute Gasteiger partial charge is 0.456 e. The van der Waals surface area contributed by atoms with Crippen molar-refractivity contribution in [3.63, 3.8) is 0 Å². The Labute approximate surface area is 175 Å². The molecule has 0 saturated carbocycles. The van der Waals surface area contributed by atoms with E-state index in [2.05, 4.69) is 10.1 Å². The van der Waals surface area contributed by atoms with Crippen LogP contribution in [0, 0.1) is 17.1 Å². The number of anilines is 1. The average Bonchev–Trinajstić information content (AvgIpc) is 3.31. The minimum atomic E-state index is -2.01. The number of nitrogen functional groups attached to an aromatic ring is 1. The summed E-state index contributed by atoms with van der Waals surface area (Å²) in [6.45, 7) is -0.640. The molecule has 1 saturated heterocycles. The zero-order valence-electron chi connectivity index (χ0n) is 16.1. The molecule has 4 atom stereocenters. The van der Waals surface area contributed by atoms with Gasteiger partial charge in [0.15, 0.2) is 11.9 Å². The summed E-state index contributed by atoms with van der Waals surface area (Å²) in [5, 5.41) is 34.7. The summed E-state index contributed by atoms with van der Waals surface area (Å²) in [6, 6.07) is 10.6. The lowest BCUT2D eigenvalue weighted by atomic mass is 9.92. The first-order valence-electron chi connectivity index (χ1n) is 9.31. The van der Waals surface area contributed by atoms with Crippen molar-refractivity contribution in [3.8, 4) is 6.07 Å². The van der Waals surface area contributed by atoms with Crippen LogP contribution in [-0.4, -0.2) is 55.7 Å². The number of aromatic nitrogens is 3. The van der Waals surface area contributed by atoms with Crippen LogP contribution in [0.4, 0.5) is 10.2 Å². The highest BCUT2D eigenvalue weighted by molar-refractivity contribution is 5.73. The van der Waals surface area contributed by atoms with Gasteiger partial charge in [-0.2, -0.15) is 10.4 Å². The van der Waals surface area contributed by atoms with Crippen LogP contribution < -0.4 is 5.73 Å². The second kappa shape index (κ2) is 7.92. The molecule has 2 aromatic heterocycles. The Kier molecular flexibility index (Phi) is 5.28. The fourth-order valence-electron chi connectivity index (χ4n) is 3.68. The van der Waals surface area contributed by atoms with E-state index in [9.17, 15) is 24.7 Å². The van der Waals surface area contributed by atoms with Crippen molar-refractivity contribution >= 4 is 17.3 Å². The van der Waals surface area contributed by atoms with Crippen molar-refractivity contribution < 1.29 is 28.9 Å². The molecule has 0 amide bonds. The van der Waals surface area contributed by atoms with Crippen molar-refractivity contribution in [1.29, 1.82) is 5.26 Å². The number of fused-ring (bicyclic) bond motifs is 1. The molecule has 3 aromatic rings. The van der Waals surface area contributed by atoms with E-state index in [1.807, 2.05) is 6.07 Å². The number of halogens is 1. The third-order valence-electron chi connectivity index (χ3n) is 5.20. The first-order chi connectivity index (χ1) is 14.9. The number of hydrogen-bond donors (Lipinski definition) is 3. The molecule has 1 aromatic carbocycles. The summed E-state index contributed by atoms with van der Waals surface area (Å²) in [4.78, 5) is 16.3. The number of esters is 1. The normalized spacial score (nSPS) is 25.4. The fourth-order valence-corrected chi connectivity index (χ4v) is 3.68. The van der Waals surface area contributed by atoms with E-state index in [1.165, 1.54) is 35.1 Å². The van der Waals surface area contributed by atoms with E-state index in [0.717, 1.165) is 0 Å². The van der Waals surface area contributed by atoms with Crippen LogP contribution in [0.25, 0.3) is 5.52 Å².